The maximum absolute atomic E-state index is 10.8. The van der Waals surface area contributed by atoms with E-state index in [4.69, 9.17) is 4.42 Å². The molecule has 112 valence electrons. The lowest BCUT2D eigenvalue weighted by Crippen LogP contribution is -2.25. The molecule has 1 aromatic carbocycles. The molecular weight excluding hydrogens is 272 g/mol. The average molecular weight is 290 g/mol. The van der Waals surface area contributed by atoms with Gasteiger partial charge in [0, 0.05) is 36.7 Å². The summed E-state index contributed by atoms with van der Waals surface area (Å²) in [6, 6.07) is 4.99. The summed E-state index contributed by atoms with van der Waals surface area (Å²) in [6.07, 6.45) is 0.624. The zero-order valence-electron chi connectivity index (χ0n) is 12.3. The predicted octanol–water partition coefficient (Wildman–Crippen LogP) is 2.49. The van der Waals surface area contributed by atoms with Crippen LogP contribution in [0, 0.1) is 17.0 Å². The first-order valence-electron chi connectivity index (χ1n) is 6.78. The Kier molecular flexibility index (Phi) is 4.64. The van der Waals surface area contributed by atoms with E-state index in [2.05, 4.69) is 29.4 Å². The van der Waals surface area contributed by atoms with Crippen LogP contribution in [0.5, 0.6) is 0 Å². The van der Waals surface area contributed by atoms with Crippen molar-refractivity contribution in [2.24, 2.45) is 0 Å². The van der Waals surface area contributed by atoms with E-state index in [-0.39, 0.29) is 5.69 Å². The Bertz CT molecular complexity index is 637. The lowest BCUT2D eigenvalue weighted by Gasteiger charge is -2.05. The van der Waals surface area contributed by atoms with Crippen molar-refractivity contribution in [3.05, 3.63) is 39.8 Å². The third-order valence-corrected chi connectivity index (χ3v) is 3.02. The van der Waals surface area contributed by atoms with Gasteiger partial charge in [-0.05, 0) is 12.5 Å². The molecule has 0 saturated heterocycles. The molecule has 0 amide bonds. The molecule has 0 unspecified atom stereocenters. The molecule has 7 heteroatoms. The fourth-order valence-electron chi connectivity index (χ4n) is 1.89. The van der Waals surface area contributed by atoms with Crippen LogP contribution in [-0.4, -0.2) is 27.7 Å². The smallest absolute Gasteiger partial charge is 0.270 e. The highest BCUT2D eigenvalue weighted by atomic mass is 16.6. The number of benzene rings is 1. The van der Waals surface area contributed by atoms with Crippen LogP contribution >= 0.6 is 0 Å². The number of nitro groups is 1. The van der Waals surface area contributed by atoms with Crippen LogP contribution in [0.3, 0.4) is 0 Å². The fourth-order valence-corrected chi connectivity index (χ4v) is 1.89. The quantitative estimate of drug-likeness (QED) is 0.649. The molecule has 0 atom stereocenters. The Hall–Kier alpha value is -2.28. The SMILES string of the molecule is Cc1ccc([N+](=O)[O-])cc1-c1nnc(CCNC(C)C)o1. The van der Waals surface area contributed by atoms with Gasteiger partial charge in [-0.15, -0.1) is 10.2 Å². The van der Waals surface area contributed by atoms with Gasteiger partial charge in [0.25, 0.3) is 5.69 Å². The van der Waals surface area contributed by atoms with E-state index in [1.165, 1.54) is 12.1 Å². The Morgan fingerprint density at radius 1 is 1.38 bits per heavy atom. The molecule has 2 rings (SSSR count). The molecule has 7 nitrogen and oxygen atoms in total. The second-order valence-corrected chi connectivity index (χ2v) is 5.12. The molecular formula is C14H18N4O3. The number of aryl methyl sites for hydroxylation is 1. The van der Waals surface area contributed by atoms with E-state index in [1.807, 2.05) is 6.92 Å². The van der Waals surface area contributed by atoms with Crippen molar-refractivity contribution in [1.29, 1.82) is 0 Å². The third kappa shape index (κ3) is 3.85. The zero-order valence-corrected chi connectivity index (χ0v) is 12.3. The third-order valence-electron chi connectivity index (χ3n) is 3.02. The van der Waals surface area contributed by atoms with E-state index < -0.39 is 4.92 Å². The summed E-state index contributed by atoms with van der Waals surface area (Å²) in [4.78, 5) is 10.4. The van der Waals surface area contributed by atoms with Crippen LogP contribution in [0.1, 0.15) is 25.3 Å². The summed E-state index contributed by atoms with van der Waals surface area (Å²) in [5, 5.41) is 22.1. The Morgan fingerprint density at radius 3 is 2.81 bits per heavy atom. The van der Waals surface area contributed by atoms with Crippen molar-refractivity contribution in [3.63, 3.8) is 0 Å². The van der Waals surface area contributed by atoms with E-state index >= 15 is 0 Å². The molecule has 2 aromatic rings. The minimum absolute atomic E-state index is 0.0109. The second kappa shape index (κ2) is 6.45. The van der Waals surface area contributed by atoms with Gasteiger partial charge in [-0.25, -0.2) is 0 Å². The predicted molar refractivity (Wildman–Crippen MR) is 78.0 cm³/mol. The number of nitro benzene ring substituents is 1. The molecule has 0 aliphatic heterocycles. The van der Waals surface area contributed by atoms with Crippen molar-refractivity contribution < 1.29 is 9.34 Å². The van der Waals surface area contributed by atoms with Crippen LogP contribution in [0.2, 0.25) is 0 Å². The number of hydrogen-bond acceptors (Lipinski definition) is 6. The highest BCUT2D eigenvalue weighted by Gasteiger charge is 2.15. The number of nitrogens with zero attached hydrogens (tertiary/aromatic N) is 3. The number of non-ortho nitro benzene ring substituents is 1. The molecule has 0 aliphatic rings. The van der Waals surface area contributed by atoms with Gasteiger partial charge in [-0.3, -0.25) is 10.1 Å². The van der Waals surface area contributed by atoms with Crippen LogP contribution in [-0.2, 0) is 6.42 Å². The minimum atomic E-state index is -0.438. The molecule has 0 aliphatic carbocycles. The summed E-state index contributed by atoms with van der Waals surface area (Å²) in [5.74, 6) is 0.833. The Labute approximate surface area is 122 Å². The van der Waals surface area contributed by atoms with Gasteiger partial charge in [0.1, 0.15) is 0 Å². The molecule has 1 N–H and O–H groups in total. The fraction of sp³-hybridized carbons (Fsp3) is 0.429. The Balaban J connectivity index is 2.17. The van der Waals surface area contributed by atoms with Crippen molar-refractivity contribution in [2.75, 3.05) is 6.54 Å². The molecule has 21 heavy (non-hydrogen) atoms. The second-order valence-electron chi connectivity index (χ2n) is 5.12. The minimum Gasteiger partial charge on any atom is -0.421 e. The van der Waals surface area contributed by atoms with Crippen LogP contribution in [0.4, 0.5) is 5.69 Å². The largest absolute Gasteiger partial charge is 0.421 e. The highest BCUT2D eigenvalue weighted by molar-refractivity contribution is 5.62. The zero-order chi connectivity index (χ0) is 15.4. The number of aromatic nitrogens is 2. The van der Waals surface area contributed by atoms with Crippen molar-refractivity contribution in [2.45, 2.75) is 33.2 Å². The number of rotatable bonds is 6. The monoisotopic (exact) mass is 290 g/mol. The standard InChI is InChI=1S/C14H18N4O3/c1-9(2)15-7-6-13-16-17-14(21-13)12-8-11(18(19)20)5-4-10(12)3/h4-5,8-9,15H,6-7H2,1-3H3. The lowest BCUT2D eigenvalue weighted by atomic mass is 10.1. The van der Waals surface area contributed by atoms with E-state index in [1.54, 1.807) is 6.07 Å². The summed E-state index contributed by atoms with van der Waals surface area (Å²) in [6.45, 7) is 6.72. The van der Waals surface area contributed by atoms with Crippen LogP contribution in [0.15, 0.2) is 22.6 Å². The summed E-state index contributed by atoms with van der Waals surface area (Å²) in [7, 11) is 0. The van der Waals surface area contributed by atoms with E-state index in [0.717, 1.165) is 12.1 Å². The maximum Gasteiger partial charge on any atom is 0.270 e. The highest BCUT2D eigenvalue weighted by Crippen LogP contribution is 2.26. The van der Waals surface area contributed by atoms with Crippen LogP contribution in [0.25, 0.3) is 11.5 Å². The molecule has 0 saturated carbocycles. The van der Waals surface area contributed by atoms with Crippen LogP contribution < -0.4 is 5.32 Å². The van der Waals surface area contributed by atoms with E-state index in [9.17, 15) is 10.1 Å². The summed E-state index contributed by atoms with van der Waals surface area (Å²) < 4.78 is 5.58. The molecule has 1 heterocycles. The van der Waals surface area contributed by atoms with Gasteiger partial charge in [0.05, 0.1) is 4.92 Å². The summed E-state index contributed by atoms with van der Waals surface area (Å²) >= 11 is 0. The first-order valence-corrected chi connectivity index (χ1v) is 6.78. The van der Waals surface area contributed by atoms with Gasteiger partial charge >= 0.3 is 0 Å². The Morgan fingerprint density at radius 2 is 2.14 bits per heavy atom. The van der Waals surface area contributed by atoms with Crippen molar-refractivity contribution in [3.8, 4) is 11.5 Å². The molecule has 0 spiro atoms. The van der Waals surface area contributed by atoms with Gasteiger partial charge in [-0.1, -0.05) is 19.9 Å². The first kappa shape index (κ1) is 15.1. The lowest BCUT2D eigenvalue weighted by molar-refractivity contribution is -0.384. The number of nitrogens with one attached hydrogen (secondary N) is 1. The van der Waals surface area contributed by atoms with Crippen molar-refractivity contribution in [1.82, 2.24) is 15.5 Å². The first-order chi connectivity index (χ1) is 9.97. The topological polar surface area (TPSA) is 94.1 Å². The molecule has 0 bridgehead atoms. The maximum atomic E-state index is 10.8. The summed E-state index contributed by atoms with van der Waals surface area (Å²) in [5.41, 5.74) is 1.47. The van der Waals surface area contributed by atoms with Gasteiger partial charge in [0.15, 0.2) is 0 Å². The molecule has 0 fully saturated rings. The van der Waals surface area contributed by atoms with Gasteiger partial charge in [-0.2, -0.15) is 0 Å². The molecule has 0 radical (unpaired) electrons. The normalized spacial score (nSPS) is 11.0. The van der Waals surface area contributed by atoms with Gasteiger partial charge < -0.3 is 9.73 Å². The number of hydrogen-bond donors (Lipinski definition) is 1. The molecule has 1 aromatic heterocycles. The van der Waals surface area contributed by atoms with Crippen molar-refractivity contribution >= 4 is 5.69 Å². The van der Waals surface area contributed by atoms with E-state index in [0.29, 0.717) is 29.8 Å². The van der Waals surface area contributed by atoms with Gasteiger partial charge in [0.2, 0.25) is 11.8 Å². The average Bonchev–Trinajstić information content (AvgIpc) is 2.87.